The summed E-state index contributed by atoms with van der Waals surface area (Å²) in [4.78, 5) is 3.29. The van der Waals surface area contributed by atoms with Crippen molar-refractivity contribution >= 4 is 27.0 Å². The third-order valence-electron chi connectivity index (χ3n) is 5.25. The van der Waals surface area contributed by atoms with Gasteiger partial charge in [-0.25, -0.2) is 12.8 Å². The third kappa shape index (κ3) is 2.84. The fourth-order valence-corrected chi connectivity index (χ4v) is 5.31. The predicted molar refractivity (Wildman–Crippen MR) is 111 cm³/mol. The molecule has 0 saturated carbocycles. The lowest BCUT2D eigenvalue weighted by molar-refractivity contribution is 0.448. The van der Waals surface area contributed by atoms with Crippen LogP contribution in [0.3, 0.4) is 0 Å². The average molecular weight is 404 g/mol. The van der Waals surface area contributed by atoms with Crippen molar-refractivity contribution in [3.05, 3.63) is 108 Å². The Morgan fingerprint density at radius 2 is 1.59 bits per heavy atom. The highest BCUT2D eigenvalue weighted by molar-refractivity contribution is 7.89. The van der Waals surface area contributed by atoms with Crippen molar-refractivity contribution in [2.75, 3.05) is 0 Å². The molecule has 0 amide bonds. The van der Waals surface area contributed by atoms with Crippen molar-refractivity contribution < 1.29 is 12.8 Å². The second-order valence-electron chi connectivity index (χ2n) is 6.93. The van der Waals surface area contributed by atoms with Gasteiger partial charge in [0.2, 0.25) is 0 Å². The average Bonchev–Trinajstić information content (AvgIpc) is 3.17. The quantitative estimate of drug-likeness (QED) is 0.518. The smallest absolute Gasteiger partial charge is 0.264 e. The first-order chi connectivity index (χ1) is 14.1. The van der Waals surface area contributed by atoms with Gasteiger partial charge < -0.3 is 4.98 Å². The van der Waals surface area contributed by atoms with Gasteiger partial charge in [-0.2, -0.15) is 0 Å². The maximum Gasteiger partial charge on any atom is 0.264 e. The summed E-state index contributed by atoms with van der Waals surface area (Å²) in [6.45, 7) is 0. The Balaban J connectivity index is 1.73. The number of para-hydroxylation sites is 1. The number of aromatic nitrogens is 1. The van der Waals surface area contributed by atoms with Crippen LogP contribution in [0, 0.1) is 5.82 Å². The SMILES string of the molecule is O=S(=O)(c1ccc(F)cc1)N1C=Cc2ccccc2[C@H]1c1c[nH]c2ccccc12. The molecule has 144 valence electrons. The molecule has 4 aromatic rings. The van der Waals surface area contributed by atoms with Gasteiger partial charge in [-0.1, -0.05) is 42.5 Å². The summed E-state index contributed by atoms with van der Waals surface area (Å²) in [5.74, 6) is -0.475. The number of H-pyrrole nitrogens is 1. The van der Waals surface area contributed by atoms with E-state index >= 15 is 0 Å². The summed E-state index contributed by atoms with van der Waals surface area (Å²) >= 11 is 0. The number of nitrogens with one attached hydrogen (secondary N) is 1. The normalized spacial score (nSPS) is 16.2. The molecule has 1 N–H and O–H groups in total. The number of rotatable bonds is 3. The Morgan fingerprint density at radius 3 is 2.41 bits per heavy atom. The highest BCUT2D eigenvalue weighted by atomic mass is 32.2. The van der Waals surface area contributed by atoms with Gasteiger partial charge in [0, 0.05) is 28.9 Å². The molecule has 0 radical (unpaired) electrons. The van der Waals surface area contributed by atoms with E-state index < -0.39 is 21.9 Å². The van der Waals surface area contributed by atoms with E-state index in [4.69, 9.17) is 0 Å². The highest BCUT2D eigenvalue weighted by Gasteiger charge is 2.35. The van der Waals surface area contributed by atoms with E-state index in [2.05, 4.69) is 4.98 Å². The van der Waals surface area contributed by atoms with Crippen molar-refractivity contribution in [3.63, 3.8) is 0 Å². The van der Waals surface area contributed by atoms with Gasteiger partial charge in [0.15, 0.2) is 0 Å². The molecule has 5 rings (SSSR count). The number of benzene rings is 3. The molecule has 29 heavy (non-hydrogen) atoms. The molecule has 2 heterocycles. The summed E-state index contributed by atoms with van der Waals surface area (Å²) in [7, 11) is -3.90. The molecule has 0 spiro atoms. The lowest BCUT2D eigenvalue weighted by Crippen LogP contribution is -2.33. The Labute approximate surface area is 168 Å². The van der Waals surface area contributed by atoms with Crippen LogP contribution in [0.2, 0.25) is 0 Å². The fourth-order valence-electron chi connectivity index (χ4n) is 3.86. The molecular formula is C23H17FN2O2S. The van der Waals surface area contributed by atoms with Crippen LogP contribution < -0.4 is 0 Å². The first-order valence-electron chi connectivity index (χ1n) is 9.18. The topological polar surface area (TPSA) is 53.2 Å². The van der Waals surface area contributed by atoms with E-state index in [1.807, 2.05) is 54.7 Å². The van der Waals surface area contributed by atoms with Gasteiger partial charge in [0.05, 0.1) is 10.9 Å². The summed E-state index contributed by atoms with van der Waals surface area (Å²) < 4.78 is 41.7. The number of nitrogens with zero attached hydrogens (tertiary/aromatic N) is 1. The van der Waals surface area contributed by atoms with Crippen LogP contribution in [0.25, 0.3) is 17.0 Å². The minimum Gasteiger partial charge on any atom is -0.361 e. The molecule has 4 nitrogen and oxygen atoms in total. The van der Waals surface area contributed by atoms with Crippen LogP contribution in [-0.4, -0.2) is 17.7 Å². The largest absolute Gasteiger partial charge is 0.361 e. The van der Waals surface area contributed by atoms with Gasteiger partial charge >= 0.3 is 0 Å². The van der Waals surface area contributed by atoms with Crippen LogP contribution in [0.5, 0.6) is 0 Å². The lowest BCUT2D eigenvalue weighted by Gasteiger charge is -2.34. The molecule has 1 atom stereocenters. The van der Waals surface area contributed by atoms with E-state index in [1.54, 1.807) is 12.3 Å². The van der Waals surface area contributed by atoms with E-state index in [-0.39, 0.29) is 4.90 Å². The number of sulfonamides is 1. The van der Waals surface area contributed by atoms with Crippen molar-refractivity contribution in [2.45, 2.75) is 10.9 Å². The molecule has 0 bridgehead atoms. The fraction of sp³-hybridized carbons (Fsp3) is 0.0435. The first kappa shape index (κ1) is 17.7. The number of halogens is 1. The maximum atomic E-state index is 13.5. The van der Waals surface area contributed by atoms with E-state index in [0.717, 1.165) is 39.7 Å². The Morgan fingerprint density at radius 1 is 0.862 bits per heavy atom. The van der Waals surface area contributed by atoms with Crippen LogP contribution in [-0.2, 0) is 10.0 Å². The second-order valence-corrected chi connectivity index (χ2v) is 8.77. The van der Waals surface area contributed by atoms with Crippen LogP contribution in [0.4, 0.5) is 4.39 Å². The van der Waals surface area contributed by atoms with E-state index in [9.17, 15) is 12.8 Å². The van der Waals surface area contributed by atoms with Crippen LogP contribution >= 0.6 is 0 Å². The molecule has 0 aliphatic carbocycles. The van der Waals surface area contributed by atoms with Gasteiger partial charge in [-0.3, -0.25) is 4.31 Å². The van der Waals surface area contributed by atoms with Crippen molar-refractivity contribution in [2.24, 2.45) is 0 Å². The molecule has 6 heteroatoms. The van der Waals surface area contributed by atoms with Gasteiger partial charge in [0.25, 0.3) is 10.0 Å². The van der Waals surface area contributed by atoms with Crippen LogP contribution in [0.15, 0.2) is 90.1 Å². The monoisotopic (exact) mass is 404 g/mol. The molecule has 1 aliphatic rings. The summed E-state index contributed by atoms with van der Waals surface area (Å²) in [6.07, 6.45) is 5.24. The zero-order valence-corrected chi connectivity index (χ0v) is 16.1. The van der Waals surface area contributed by atoms with Gasteiger partial charge in [-0.05, 0) is 47.5 Å². The number of hydrogen-bond acceptors (Lipinski definition) is 2. The highest BCUT2D eigenvalue weighted by Crippen LogP contribution is 2.41. The minimum absolute atomic E-state index is 0.0489. The second kappa shape index (κ2) is 6.60. The summed E-state index contributed by atoms with van der Waals surface area (Å²) in [5, 5.41) is 0.960. The lowest BCUT2D eigenvalue weighted by atomic mass is 9.92. The Bertz CT molecular complexity index is 1340. The predicted octanol–water partition coefficient (Wildman–Crippen LogP) is 5.07. The van der Waals surface area contributed by atoms with Crippen molar-refractivity contribution in [1.29, 1.82) is 0 Å². The number of aromatic amines is 1. The van der Waals surface area contributed by atoms with Gasteiger partial charge in [0.1, 0.15) is 5.82 Å². The zero-order chi connectivity index (χ0) is 20.0. The van der Waals surface area contributed by atoms with E-state index in [1.165, 1.54) is 16.4 Å². The molecule has 3 aromatic carbocycles. The standard InChI is InChI=1S/C23H17FN2O2S/c24-17-9-11-18(12-10-17)29(27,28)26-14-13-16-5-1-2-6-19(16)23(26)21-15-25-22-8-4-3-7-20(21)22/h1-15,23,25H/t23-/m0/s1. The molecule has 1 aromatic heterocycles. The van der Waals surface area contributed by atoms with Crippen molar-refractivity contribution in [3.8, 4) is 0 Å². The molecule has 0 unspecified atom stereocenters. The molecular weight excluding hydrogens is 387 g/mol. The first-order valence-corrected chi connectivity index (χ1v) is 10.6. The summed E-state index contributed by atoms with van der Waals surface area (Å²) in [6, 6.07) is 19.9. The van der Waals surface area contributed by atoms with E-state index in [0.29, 0.717) is 0 Å². The number of hydrogen-bond donors (Lipinski definition) is 1. The van der Waals surface area contributed by atoms with Crippen LogP contribution in [0.1, 0.15) is 22.7 Å². The number of fused-ring (bicyclic) bond motifs is 2. The molecule has 1 aliphatic heterocycles. The molecule has 0 fully saturated rings. The maximum absolute atomic E-state index is 13.5. The third-order valence-corrected chi connectivity index (χ3v) is 7.01. The Hall–Kier alpha value is -3.38. The van der Waals surface area contributed by atoms with Gasteiger partial charge in [-0.15, -0.1) is 0 Å². The Kier molecular flexibility index (Phi) is 4.03. The minimum atomic E-state index is -3.90. The zero-order valence-electron chi connectivity index (χ0n) is 15.3. The van der Waals surface area contributed by atoms with Crippen molar-refractivity contribution in [1.82, 2.24) is 9.29 Å². The summed E-state index contributed by atoms with van der Waals surface area (Å²) in [5.41, 5.74) is 3.66. The molecule has 0 saturated heterocycles.